The zero-order valence-corrected chi connectivity index (χ0v) is 7.73. The molecule has 0 aromatic heterocycles. The van der Waals surface area contributed by atoms with Crippen LogP contribution in [0, 0.1) is 0 Å². The van der Waals surface area contributed by atoms with Gasteiger partial charge < -0.3 is 20.9 Å². The first kappa shape index (κ1) is 10.9. The smallest absolute Gasteiger partial charge is 0.332 e. The molecule has 1 aliphatic rings. The molecule has 6 heteroatoms. The molecule has 2 unspecified atom stereocenters. The van der Waals surface area contributed by atoms with Gasteiger partial charge in [0.25, 0.3) is 0 Å². The first-order chi connectivity index (χ1) is 6.63. The van der Waals surface area contributed by atoms with E-state index in [1.807, 2.05) is 0 Å². The number of aliphatic carboxylic acids is 1. The molecule has 0 radical (unpaired) electrons. The number of ether oxygens (including phenoxy) is 1. The highest BCUT2D eigenvalue weighted by atomic mass is 16.5. The van der Waals surface area contributed by atoms with Crippen molar-refractivity contribution in [2.75, 3.05) is 13.1 Å². The topological polar surface area (TPSA) is 102 Å². The van der Waals surface area contributed by atoms with Gasteiger partial charge in [-0.25, -0.2) is 4.79 Å². The highest BCUT2D eigenvalue weighted by molar-refractivity contribution is 5.77. The van der Waals surface area contributed by atoms with E-state index in [2.05, 4.69) is 5.32 Å². The summed E-state index contributed by atoms with van der Waals surface area (Å²) in [6.45, 7) is 0.273. The summed E-state index contributed by atoms with van der Waals surface area (Å²) in [4.78, 5) is 21.3. The normalized spacial score (nSPS) is 26.1. The first-order valence-corrected chi connectivity index (χ1v) is 4.48. The van der Waals surface area contributed by atoms with Gasteiger partial charge in [-0.15, -0.1) is 0 Å². The largest absolute Gasteiger partial charge is 0.479 e. The number of carbonyl (C=O) groups is 2. The molecule has 1 saturated heterocycles. The van der Waals surface area contributed by atoms with Crippen LogP contribution in [-0.2, 0) is 14.3 Å². The Morgan fingerprint density at radius 1 is 1.50 bits per heavy atom. The second-order valence-corrected chi connectivity index (χ2v) is 3.17. The average Bonchev–Trinajstić information content (AvgIpc) is 2.62. The second kappa shape index (κ2) is 4.92. The van der Waals surface area contributed by atoms with Crippen molar-refractivity contribution >= 4 is 11.9 Å². The lowest BCUT2D eigenvalue weighted by molar-refractivity contribution is -0.149. The molecule has 0 aromatic rings. The van der Waals surface area contributed by atoms with Crippen molar-refractivity contribution in [1.82, 2.24) is 5.32 Å². The summed E-state index contributed by atoms with van der Waals surface area (Å²) in [5.74, 6) is -1.20. The van der Waals surface area contributed by atoms with Crippen LogP contribution in [0.15, 0.2) is 0 Å². The van der Waals surface area contributed by atoms with E-state index in [1.165, 1.54) is 0 Å². The van der Waals surface area contributed by atoms with Crippen LogP contribution in [0.25, 0.3) is 0 Å². The Morgan fingerprint density at radius 2 is 2.21 bits per heavy atom. The van der Waals surface area contributed by atoms with Gasteiger partial charge in [0.1, 0.15) is 0 Å². The molecular weight excluding hydrogens is 188 g/mol. The van der Waals surface area contributed by atoms with E-state index < -0.39 is 12.1 Å². The minimum absolute atomic E-state index is 0.0604. The number of rotatable bonds is 4. The van der Waals surface area contributed by atoms with Gasteiger partial charge in [-0.1, -0.05) is 0 Å². The Hall–Kier alpha value is -1.14. The van der Waals surface area contributed by atoms with Gasteiger partial charge in [-0.2, -0.15) is 0 Å². The maximum atomic E-state index is 10.8. The fraction of sp³-hybridized carbons (Fsp3) is 0.750. The Kier molecular flexibility index (Phi) is 3.84. The number of hydrogen-bond acceptors (Lipinski definition) is 4. The van der Waals surface area contributed by atoms with Crippen molar-refractivity contribution < 1.29 is 19.4 Å². The molecule has 1 rings (SSSR count). The standard InChI is InChI=1S/C8H14N2O4/c9-3-7(11)10-4-5-1-2-6(14-5)8(12)13/h5-6H,1-4,9H2,(H,10,11)(H,12,13). The molecule has 0 bridgehead atoms. The molecule has 0 saturated carbocycles. The van der Waals surface area contributed by atoms with Crippen molar-refractivity contribution in [2.45, 2.75) is 25.0 Å². The number of hydrogen-bond donors (Lipinski definition) is 3. The Labute approximate surface area is 81.4 Å². The van der Waals surface area contributed by atoms with Gasteiger partial charge in [0, 0.05) is 6.54 Å². The summed E-state index contributed by atoms with van der Waals surface area (Å²) in [6.07, 6.45) is 0.224. The van der Waals surface area contributed by atoms with Crippen LogP contribution >= 0.6 is 0 Å². The van der Waals surface area contributed by atoms with E-state index in [0.29, 0.717) is 19.4 Å². The van der Waals surface area contributed by atoms with E-state index >= 15 is 0 Å². The maximum Gasteiger partial charge on any atom is 0.332 e. The minimum Gasteiger partial charge on any atom is -0.479 e. The molecule has 0 aliphatic carbocycles. The Morgan fingerprint density at radius 3 is 2.71 bits per heavy atom. The molecule has 1 heterocycles. The molecule has 0 spiro atoms. The van der Waals surface area contributed by atoms with Crippen LogP contribution in [0.4, 0.5) is 0 Å². The molecular formula is C8H14N2O4. The van der Waals surface area contributed by atoms with Crippen molar-refractivity contribution in [3.05, 3.63) is 0 Å². The van der Waals surface area contributed by atoms with Crippen molar-refractivity contribution in [1.29, 1.82) is 0 Å². The summed E-state index contributed by atoms with van der Waals surface area (Å²) in [7, 11) is 0. The lowest BCUT2D eigenvalue weighted by Crippen LogP contribution is -2.36. The number of nitrogens with one attached hydrogen (secondary N) is 1. The van der Waals surface area contributed by atoms with Crippen molar-refractivity contribution in [2.24, 2.45) is 5.73 Å². The highest BCUT2D eigenvalue weighted by Crippen LogP contribution is 2.18. The third-order valence-electron chi connectivity index (χ3n) is 2.10. The molecule has 14 heavy (non-hydrogen) atoms. The molecule has 1 fully saturated rings. The molecule has 6 nitrogen and oxygen atoms in total. The van der Waals surface area contributed by atoms with Gasteiger partial charge in [0.05, 0.1) is 12.6 Å². The zero-order chi connectivity index (χ0) is 10.6. The average molecular weight is 202 g/mol. The maximum absolute atomic E-state index is 10.8. The molecule has 80 valence electrons. The van der Waals surface area contributed by atoms with Crippen LogP contribution in [0.2, 0.25) is 0 Å². The number of nitrogens with two attached hydrogens (primary N) is 1. The van der Waals surface area contributed by atoms with Crippen LogP contribution in [0.3, 0.4) is 0 Å². The third kappa shape index (κ3) is 2.97. The monoisotopic (exact) mass is 202 g/mol. The zero-order valence-electron chi connectivity index (χ0n) is 7.73. The van der Waals surface area contributed by atoms with Crippen LogP contribution in [0.1, 0.15) is 12.8 Å². The van der Waals surface area contributed by atoms with E-state index in [1.54, 1.807) is 0 Å². The van der Waals surface area contributed by atoms with Crippen LogP contribution < -0.4 is 11.1 Å². The molecule has 1 aliphatic heterocycles. The Balaban J connectivity index is 2.22. The number of carboxylic acid groups (broad SMARTS) is 1. The lowest BCUT2D eigenvalue weighted by atomic mass is 10.2. The number of carbonyl (C=O) groups excluding carboxylic acids is 1. The van der Waals surface area contributed by atoms with Crippen LogP contribution in [0.5, 0.6) is 0 Å². The van der Waals surface area contributed by atoms with Gasteiger partial charge in [-0.3, -0.25) is 4.79 Å². The fourth-order valence-corrected chi connectivity index (χ4v) is 1.34. The molecule has 2 atom stereocenters. The highest BCUT2D eigenvalue weighted by Gasteiger charge is 2.30. The van der Waals surface area contributed by atoms with Gasteiger partial charge in [-0.05, 0) is 12.8 Å². The molecule has 0 aromatic carbocycles. The summed E-state index contributed by atoms with van der Waals surface area (Å²) in [5, 5.41) is 11.2. The fourth-order valence-electron chi connectivity index (χ4n) is 1.34. The first-order valence-electron chi connectivity index (χ1n) is 4.48. The predicted octanol–water partition coefficient (Wildman–Crippen LogP) is -1.31. The van der Waals surface area contributed by atoms with Gasteiger partial charge >= 0.3 is 5.97 Å². The summed E-state index contributed by atoms with van der Waals surface area (Å²) < 4.78 is 5.16. The van der Waals surface area contributed by atoms with Crippen molar-refractivity contribution in [3.63, 3.8) is 0 Å². The van der Waals surface area contributed by atoms with E-state index in [0.717, 1.165) is 0 Å². The van der Waals surface area contributed by atoms with E-state index in [4.69, 9.17) is 15.6 Å². The molecule has 1 amide bonds. The van der Waals surface area contributed by atoms with Crippen LogP contribution in [-0.4, -0.2) is 42.3 Å². The SMILES string of the molecule is NCC(=O)NCC1CCC(C(=O)O)O1. The quantitative estimate of drug-likeness (QED) is 0.525. The number of carboxylic acids is 1. The summed E-state index contributed by atoms with van der Waals surface area (Å²) >= 11 is 0. The van der Waals surface area contributed by atoms with Gasteiger partial charge in [0.2, 0.25) is 5.91 Å². The van der Waals surface area contributed by atoms with Crippen molar-refractivity contribution in [3.8, 4) is 0 Å². The summed E-state index contributed by atoms with van der Waals surface area (Å²) in [5.41, 5.74) is 5.09. The summed E-state index contributed by atoms with van der Waals surface area (Å²) in [6, 6.07) is 0. The molecule has 4 N–H and O–H groups in total. The second-order valence-electron chi connectivity index (χ2n) is 3.17. The predicted molar refractivity (Wildman–Crippen MR) is 47.6 cm³/mol. The third-order valence-corrected chi connectivity index (χ3v) is 2.10. The Bertz CT molecular complexity index is 231. The van der Waals surface area contributed by atoms with E-state index in [9.17, 15) is 9.59 Å². The number of amides is 1. The lowest BCUT2D eigenvalue weighted by Gasteiger charge is -2.11. The van der Waals surface area contributed by atoms with E-state index in [-0.39, 0.29) is 18.6 Å². The minimum atomic E-state index is -0.947. The van der Waals surface area contributed by atoms with Gasteiger partial charge in [0.15, 0.2) is 6.10 Å².